The summed E-state index contributed by atoms with van der Waals surface area (Å²) in [7, 11) is 0. The van der Waals surface area contributed by atoms with Crippen molar-refractivity contribution in [3.8, 4) is 0 Å². The molecule has 1 aromatic heterocycles. The Balaban J connectivity index is 2.08. The Kier molecular flexibility index (Phi) is 6.30. The van der Waals surface area contributed by atoms with Crippen molar-refractivity contribution in [2.75, 3.05) is 0 Å². The molecule has 2 atom stereocenters. The number of aliphatic carboxylic acids is 1. The van der Waals surface area contributed by atoms with Gasteiger partial charge in [0.1, 0.15) is 6.54 Å². The molecule has 2 N–H and O–H groups in total. The summed E-state index contributed by atoms with van der Waals surface area (Å²) < 4.78 is 38.6. The van der Waals surface area contributed by atoms with Gasteiger partial charge in [0.2, 0.25) is 5.91 Å². The van der Waals surface area contributed by atoms with Gasteiger partial charge in [-0.05, 0) is 26.7 Å². The quantitative estimate of drug-likeness (QED) is 0.775. The molecule has 1 aromatic rings. The molecule has 0 spiro atoms. The second kappa shape index (κ2) is 8.09. The predicted octanol–water partition coefficient (Wildman–Crippen LogP) is 2.75. The third kappa shape index (κ3) is 5.22. The lowest BCUT2D eigenvalue weighted by Crippen LogP contribution is -2.43. The van der Waals surface area contributed by atoms with E-state index >= 15 is 0 Å². The second-order valence-corrected chi connectivity index (χ2v) is 6.86. The largest absolute Gasteiger partial charge is 0.481 e. The number of halogens is 3. The highest BCUT2D eigenvalue weighted by molar-refractivity contribution is 5.80. The van der Waals surface area contributed by atoms with Crippen LogP contribution in [0.4, 0.5) is 13.2 Å². The number of hydrogen-bond donors (Lipinski definition) is 2. The molecule has 1 amide bonds. The maximum Gasteiger partial charge on any atom is 0.408 e. The number of amides is 1. The lowest BCUT2D eigenvalue weighted by Gasteiger charge is -2.23. The van der Waals surface area contributed by atoms with E-state index in [4.69, 9.17) is 0 Å². The molecule has 1 heterocycles. The second-order valence-electron chi connectivity index (χ2n) is 6.86. The number of carbonyl (C=O) groups excluding carboxylic acids is 1. The van der Waals surface area contributed by atoms with Crippen molar-refractivity contribution in [2.24, 2.45) is 5.92 Å². The standard InChI is InChI=1S/C17H24F3N3O3/c1-10-13(11(2)23(22-10)9-17(18,19)20)8-15(24)21-14-7-5-3-4-6-12(14)16(25)26/h12,14H,3-9H2,1-2H3,(H,21,24)(H,25,26)/t12-,14+/m1/s1. The maximum absolute atomic E-state index is 12.6. The summed E-state index contributed by atoms with van der Waals surface area (Å²) in [5, 5.41) is 16.0. The summed E-state index contributed by atoms with van der Waals surface area (Å²) in [6, 6.07) is -0.451. The van der Waals surface area contributed by atoms with E-state index in [2.05, 4.69) is 10.4 Å². The van der Waals surface area contributed by atoms with Crippen molar-refractivity contribution in [1.82, 2.24) is 15.1 Å². The summed E-state index contributed by atoms with van der Waals surface area (Å²) in [4.78, 5) is 23.8. The number of nitrogens with one attached hydrogen (secondary N) is 1. The first kappa shape index (κ1) is 20.3. The van der Waals surface area contributed by atoms with Gasteiger partial charge in [-0.2, -0.15) is 18.3 Å². The molecule has 146 valence electrons. The average Bonchev–Trinajstić information content (AvgIpc) is 2.69. The molecule has 0 aromatic carbocycles. The first-order valence-electron chi connectivity index (χ1n) is 8.70. The molecule has 0 unspecified atom stereocenters. The van der Waals surface area contributed by atoms with Crippen LogP contribution in [0.2, 0.25) is 0 Å². The highest BCUT2D eigenvalue weighted by Crippen LogP contribution is 2.25. The Morgan fingerprint density at radius 2 is 1.88 bits per heavy atom. The Labute approximate surface area is 149 Å². The lowest BCUT2D eigenvalue weighted by atomic mass is 9.94. The van der Waals surface area contributed by atoms with Gasteiger partial charge >= 0.3 is 12.1 Å². The van der Waals surface area contributed by atoms with Crippen molar-refractivity contribution < 1.29 is 27.9 Å². The molecule has 0 saturated heterocycles. The minimum atomic E-state index is -4.39. The lowest BCUT2D eigenvalue weighted by molar-refractivity contribution is -0.144. The third-order valence-corrected chi connectivity index (χ3v) is 4.88. The number of alkyl halides is 3. The summed E-state index contributed by atoms with van der Waals surface area (Å²) >= 11 is 0. The maximum atomic E-state index is 12.6. The van der Waals surface area contributed by atoms with Crippen LogP contribution in [-0.2, 0) is 22.6 Å². The van der Waals surface area contributed by atoms with E-state index in [1.54, 1.807) is 6.92 Å². The monoisotopic (exact) mass is 375 g/mol. The summed E-state index contributed by atoms with van der Waals surface area (Å²) in [5.41, 5.74) is 1.12. The number of aryl methyl sites for hydroxylation is 1. The zero-order chi connectivity index (χ0) is 19.5. The first-order valence-corrected chi connectivity index (χ1v) is 8.70. The molecule has 9 heteroatoms. The molecule has 0 radical (unpaired) electrons. The van der Waals surface area contributed by atoms with E-state index in [0.717, 1.165) is 23.9 Å². The van der Waals surface area contributed by atoms with Gasteiger partial charge < -0.3 is 10.4 Å². The van der Waals surface area contributed by atoms with Crippen molar-refractivity contribution in [3.63, 3.8) is 0 Å². The van der Waals surface area contributed by atoms with Crippen LogP contribution in [0.1, 0.15) is 49.1 Å². The Hall–Kier alpha value is -2.06. The minimum absolute atomic E-state index is 0.113. The molecule has 1 aliphatic rings. The van der Waals surface area contributed by atoms with Crippen molar-refractivity contribution in [1.29, 1.82) is 0 Å². The van der Waals surface area contributed by atoms with E-state index in [1.807, 2.05) is 0 Å². The highest BCUT2D eigenvalue weighted by Gasteiger charge is 2.32. The van der Waals surface area contributed by atoms with Crippen molar-refractivity contribution in [3.05, 3.63) is 17.0 Å². The van der Waals surface area contributed by atoms with Gasteiger partial charge in [-0.15, -0.1) is 0 Å². The SMILES string of the molecule is Cc1nn(CC(F)(F)F)c(C)c1CC(=O)N[C@H]1CCCCC[C@H]1C(=O)O. The third-order valence-electron chi connectivity index (χ3n) is 4.88. The van der Waals surface area contributed by atoms with Crippen LogP contribution in [0.25, 0.3) is 0 Å². The van der Waals surface area contributed by atoms with Gasteiger partial charge in [0.25, 0.3) is 0 Å². The fraction of sp³-hybridized carbons (Fsp3) is 0.706. The van der Waals surface area contributed by atoms with Crippen LogP contribution in [0.3, 0.4) is 0 Å². The molecule has 1 saturated carbocycles. The number of carboxylic acid groups (broad SMARTS) is 1. The van der Waals surface area contributed by atoms with Gasteiger partial charge in [-0.25, -0.2) is 0 Å². The number of rotatable bonds is 5. The smallest absolute Gasteiger partial charge is 0.408 e. The van der Waals surface area contributed by atoms with E-state index in [9.17, 15) is 27.9 Å². The Bertz CT molecular complexity index is 670. The van der Waals surface area contributed by atoms with Gasteiger partial charge in [0.05, 0.1) is 18.0 Å². The van der Waals surface area contributed by atoms with Gasteiger partial charge in [0, 0.05) is 17.3 Å². The molecular weight excluding hydrogens is 351 g/mol. The topological polar surface area (TPSA) is 84.2 Å². The van der Waals surface area contributed by atoms with E-state index in [1.165, 1.54) is 6.92 Å². The average molecular weight is 375 g/mol. The molecule has 0 bridgehead atoms. The molecule has 0 aliphatic heterocycles. The summed E-state index contributed by atoms with van der Waals surface area (Å²) in [5.74, 6) is -1.94. The van der Waals surface area contributed by atoms with E-state index in [0.29, 0.717) is 29.8 Å². The normalized spacial score (nSPS) is 21.3. The number of carbonyl (C=O) groups is 2. The molecular formula is C17H24F3N3O3. The van der Waals surface area contributed by atoms with Crippen LogP contribution in [0, 0.1) is 19.8 Å². The van der Waals surface area contributed by atoms with Crippen LogP contribution in [-0.4, -0.2) is 39.0 Å². The fourth-order valence-corrected chi connectivity index (χ4v) is 3.51. The van der Waals surface area contributed by atoms with Gasteiger partial charge in [-0.3, -0.25) is 14.3 Å². The molecule has 6 nitrogen and oxygen atoms in total. The summed E-state index contributed by atoms with van der Waals surface area (Å²) in [6.45, 7) is 1.86. The van der Waals surface area contributed by atoms with Crippen molar-refractivity contribution >= 4 is 11.9 Å². The van der Waals surface area contributed by atoms with Gasteiger partial charge in [-0.1, -0.05) is 19.3 Å². The number of nitrogens with zero attached hydrogens (tertiary/aromatic N) is 2. The zero-order valence-corrected chi connectivity index (χ0v) is 14.9. The van der Waals surface area contributed by atoms with Crippen LogP contribution in [0.15, 0.2) is 0 Å². The van der Waals surface area contributed by atoms with Crippen LogP contribution < -0.4 is 5.32 Å². The zero-order valence-electron chi connectivity index (χ0n) is 14.9. The Morgan fingerprint density at radius 1 is 1.23 bits per heavy atom. The number of aromatic nitrogens is 2. The van der Waals surface area contributed by atoms with E-state index < -0.39 is 30.7 Å². The Morgan fingerprint density at radius 3 is 2.50 bits per heavy atom. The number of carboxylic acids is 1. The first-order chi connectivity index (χ1) is 12.1. The molecule has 1 aliphatic carbocycles. The number of hydrogen-bond acceptors (Lipinski definition) is 3. The van der Waals surface area contributed by atoms with Crippen molar-refractivity contribution in [2.45, 2.75) is 71.1 Å². The van der Waals surface area contributed by atoms with Crippen LogP contribution in [0.5, 0.6) is 0 Å². The van der Waals surface area contributed by atoms with Crippen LogP contribution >= 0.6 is 0 Å². The molecule has 1 fully saturated rings. The molecule has 2 rings (SSSR count). The van der Waals surface area contributed by atoms with Gasteiger partial charge in [0.15, 0.2) is 0 Å². The highest BCUT2D eigenvalue weighted by atomic mass is 19.4. The minimum Gasteiger partial charge on any atom is -0.481 e. The summed E-state index contributed by atoms with van der Waals surface area (Å²) in [6.07, 6.45) is -0.813. The predicted molar refractivity (Wildman–Crippen MR) is 87.6 cm³/mol. The fourth-order valence-electron chi connectivity index (χ4n) is 3.51. The molecule has 26 heavy (non-hydrogen) atoms. The van der Waals surface area contributed by atoms with E-state index in [-0.39, 0.29) is 12.3 Å².